The summed E-state index contributed by atoms with van der Waals surface area (Å²) < 4.78 is 12.0. The van der Waals surface area contributed by atoms with E-state index in [0.29, 0.717) is 23.5 Å². The number of carbonyl (C=O) groups is 1. The van der Waals surface area contributed by atoms with E-state index in [1.54, 1.807) is 12.1 Å². The Labute approximate surface area is 129 Å². The van der Waals surface area contributed by atoms with Gasteiger partial charge in [0.15, 0.2) is 5.76 Å². The topological polar surface area (TPSA) is 39.4 Å². The van der Waals surface area contributed by atoms with E-state index < -0.39 is 0 Å². The SMILES string of the molecule is O=C(c1ccc2c(c1)CCO2)c1cc2cccc(Br)c2o1. The Morgan fingerprint density at radius 2 is 2.05 bits per heavy atom. The van der Waals surface area contributed by atoms with Gasteiger partial charge in [0.2, 0.25) is 5.78 Å². The van der Waals surface area contributed by atoms with Crippen LogP contribution in [0.4, 0.5) is 0 Å². The first kappa shape index (κ1) is 12.7. The van der Waals surface area contributed by atoms with Crippen LogP contribution in [0.15, 0.2) is 51.4 Å². The van der Waals surface area contributed by atoms with Crippen molar-refractivity contribution in [2.24, 2.45) is 0 Å². The Morgan fingerprint density at radius 3 is 2.90 bits per heavy atom. The van der Waals surface area contributed by atoms with E-state index in [1.165, 1.54) is 0 Å². The van der Waals surface area contributed by atoms with Crippen LogP contribution in [-0.4, -0.2) is 12.4 Å². The molecule has 0 unspecified atom stereocenters. The second kappa shape index (κ2) is 4.74. The maximum Gasteiger partial charge on any atom is 0.228 e. The fourth-order valence-electron chi connectivity index (χ4n) is 2.61. The minimum absolute atomic E-state index is 0.104. The molecule has 0 radical (unpaired) electrons. The van der Waals surface area contributed by atoms with Gasteiger partial charge in [0.05, 0.1) is 11.1 Å². The molecule has 0 N–H and O–H groups in total. The molecule has 0 amide bonds. The molecule has 1 aliphatic heterocycles. The van der Waals surface area contributed by atoms with Gasteiger partial charge in [-0.3, -0.25) is 4.79 Å². The fraction of sp³-hybridized carbons (Fsp3) is 0.118. The van der Waals surface area contributed by atoms with Gasteiger partial charge in [0, 0.05) is 17.4 Å². The van der Waals surface area contributed by atoms with Crippen LogP contribution >= 0.6 is 15.9 Å². The summed E-state index contributed by atoms with van der Waals surface area (Å²) in [5.41, 5.74) is 2.41. The van der Waals surface area contributed by atoms with Crippen molar-refractivity contribution >= 4 is 32.7 Å². The zero-order chi connectivity index (χ0) is 14.4. The largest absolute Gasteiger partial charge is 0.493 e. The first-order valence-electron chi connectivity index (χ1n) is 6.71. The molecule has 2 aromatic carbocycles. The molecule has 3 nitrogen and oxygen atoms in total. The van der Waals surface area contributed by atoms with Crippen LogP contribution in [0.1, 0.15) is 21.7 Å². The van der Waals surface area contributed by atoms with Crippen molar-refractivity contribution in [1.29, 1.82) is 0 Å². The Bertz CT molecular complexity index is 864. The zero-order valence-corrected chi connectivity index (χ0v) is 12.6. The van der Waals surface area contributed by atoms with E-state index in [0.717, 1.165) is 27.6 Å². The van der Waals surface area contributed by atoms with E-state index in [1.807, 2.05) is 30.3 Å². The first-order chi connectivity index (χ1) is 10.2. The summed E-state index contributed by atoms with van der Waals surface area (Å²) in [7, 11) is 0. The second-order valence-corrected chi connectivity index (χ2v) is 5.87. The van der Waals surface area contributed by atoms with E-state index in [4.69, 9.17) is 9.15 Å². The molecule has 1 aromatic heterocycles. The smallest absolute Gasteiger partial charge is 0.228 e. The average molecular weight is 343 g/mol. The van der Waals surface area contributed by atoms with Gasteiger partial charge >= 0.3 is 0 Å². The molecule has 2 heterocycles. The van der Waals surface area contributed by atoms with E-state index in [2.05, 4.69) is 15.9 Å². The van der Waals surface area contributed by atoms with Gasteiger partial charge < -0.3 is 9.15 Å². The highest BCUT2D eigenvalue weighted by Gasteiger charge is 2.19. The first-order valence-corrected chi connectivity index (χ1v) is 7.50. The van der Waals surface area contributed by atoms with E-state index >= 15 is 0 Å². The Kier molecular flexibility index (Phi) is 2.86. The molecule has 0 atom stereocenters. The van der Waals surface area contributed by atoms with Gasteiger partial charge in [-0.05, 0) is 51.8 Å². The quantitative estimate of drug-likeness (QED) is 0.649. The van der Waals surface area contributed by atoms with Gasteiger partial charge in [-0.25, -0.2) is 0 Å². The van der Waals surface area contributed by atoms with Crippen LogP contribution in [-0.2, 0) is 6.42 Å². The summed E-state index contributed by atoms with van der Waals surface area (Å²) in [5, 5.41) is 0.914. The molecular formula is C17H11BrO3. The number of ether oxygens (including phenoxy) is 1. The van der Waals surface area contributed by atoms with Crippen LogP contribution in [0, 0.1) is 0 Å². The molecule has 4 heteroatoms. The number of carbonyl (C=O) groups excluding carboxylic acids is 1. The van der Waals surface area contributed by atoms with Crippen LogP contribution < -0.4 is 4.74 Å². The summed E-state index contributed by atoms with van der Waals surface area (Å²) in [4.78, 5) is 12.6. The Morgan fingerprint density at radius 1 is 1.14 bits per heavy atom. The van der Waals surface area contributed by atoms with Crippen LogP contribution in [0.2, 0.25) is 0 Å². The second-order valence-electron chi connectivity index (χ2n) is 5.02. The van der Waals surface area contributed by atoms with Gasteiger partial charge in [-0.2, -0.15) is 0 Å². The summed E-state index contributed by atoms with van der Waals surface area (Å²) in [6.07, 6.45) is 0.849. The number of benzene rings is 2. The molecule has 3 aromatic rings. The number of hydrogen-bond acceptors (Lipinski definition) is 3. The van der Waals surface area contributed by atoms with E-state index in [9.17, 15) is 4.79 Å². The maximum atomic E-state index is 12.6. The van der Waals surface area contributed by atoms with Crippen LogP contribution in [0.25, 0.3) is 11.0 Å². The highest BCUT2D eigenvalue weighted by Crippen LogP contribution is 2.30. The number of halogens is 1. The van der Waals surface area contributed by atoms with Crippen LogP contribution in [0.5, 0.6) is 5.75 Å². The fourth-order valence-corrected chi connectivity index (χ4v) is 3.07. The third kappa shape index (κ3) is 2.07. The monoisotopic (exact) mass is 342 g/mol. The molecule has 0 spiro atoms. The standard InChI is InChI=1S/C17H11BrO3/c18-13-3-1-2-12-9-15(21-17(12)13)16(19)11-4-5-14-10(8-11)6-7-20-14/h1-5,8-9H,6-7H2. The lowest BCUT2D eigenvalue weighted by molar-refractivity contribution is 0.101. The molecule has 0 fully saturated rings. The molecule has 0 saturated heterocycles. The number of para-hydroxylation sites is 1. The van der Waals surface area contributed by atoms with Crippen molar-refractivity contribution in [3.05, 3.63) is 63.8 Å². The number of fused-ring (bicyclic) bond motifs is 2. The summed E-state index contributed by atoms with van der Waals surface area (Å²) >= 11 is 3.43. The Hall–Kier alpha value is -2.07. The predicted molar refractivity (Wildman–Crippen MR) is 83.0 cm³/mol. The summed E-state index contributed by atoms with van der Waals surface area (Å²) in [6, 6.07) is 13.1. The summed E-state index contributed by atoms with van der Waals surface area (Å²) in [6.45, 7) is 0.685. The lowest BCUT2D eigenvalue weighted by atomic mass is 10.0. The molecular weight excluding hydrogens is 332 g/mol. The van der Waals surface area contributed by atoms with E-state index in [-0.39, 0.29) is 5.78 Å². The third-order valence-electron chi connectivity index (χ3n) is 3.67. The van der Waals surface area contributed by atoms with Crippen molar-refractivity contribution < 1.29 is 13.9 Å². The average Bonchev–Trinajstić information content (AvgIpc) is 3.12. The van der Waals surface area contributed by atoms with Gasteiger partial charge in [-0.15, -0.1) is 0 Å². The zero-order valence-electron chi connectivity index (χ0n) is 11.1. The number of ketones is 1. The van der Waals surface area contributed by atoms with Crippen LogP contribution in [0.3, 0.4) is 0 Å². The van der Waals surface area contributed by atoms with Crippen molar-refractivity contribution in [3.63, 3.8) is 0 Å². The minimum Gasteiger partial charge on any atom is -0.493 e. The van der Waals surface area contributed by atoms with Crippen molar-refractivity contribution in [3.8, 4) is 5.75 Å². The lowest BCUT2D eigenvalue weighted by Crippen LogP contribution is -1.99. The van der Waals surface area contributed by atoms with Gasteiger partial charge in [0.25, 0.3) is 0 Å². The highest BCUT2D eigenvalue weighted by atomic mass is 79.9. The highest BCUT2D eigenvalue weighted by molar-refractivity contribution is 9.10. The number of rotatable bonds is 2. The predicted octanol–water partition coefficient (Wildman–Crippen LogP) is 4.36. The normalized spacial score (nSPS) is 13.2. The molecule has 0 saturated carbocycles. The Balaban J connectivity index is 1.77. The number of furan rings is 1. The summed E-state index contributed by atoms with van der Waals surface area (Å²) in [5.74, 6) is 1.13. The molecule has 4 rings (SSSR count). The third-order valence-corrected chi connectivity index (χ3v) is 4.30. The van der Waals surface area contributed by atoms with Gasteiger partial charge in [0.1, 0.15) is 11.3 Å². The van der Waals surface area contributed by atoms with Crippen molar-refractivity contribution in [2.75, 3.05) is 6.61 Å². The molecule has 1 aliphatic rings. The molecule has 104 valence electrons. The minimum atomic E-state index is -0.104. The molecule has 0 bridgehead atoms. The van der Waals surface area contributed by atoms with Gasteiger partial charge in [-0.1, -0.05) is 12.1 Å². The molecule has 0 aliphatic carbocycles. The van der Waals surface area contributed by atoms with Crippen molar-refractivity contribution in [2.45, 2.75) is 6.42 Å². The van der Waals surface area contributed by atoms with Crippen molar-refractivity contribution in [1.82, 2.24) is 0 Å². The number of hydrogen-bond donors (Lipinski definition) is 0. The maximum absolute atomic E-state index is 12.6. The lowest BCUT2D eigenvalue weighted by Gasteiger charge is -2.01. The molecule has 21 heavy (non-hydrogen) atoms.